The Hall–Kier alpha value is -1.57. The highest BCUT2D eigenvalue weighted by Crippen LogP contribution is 2.19. The predicted molar refractivity (Wildman–Crippen MR) is 112 cm³/mol. The first-order chi connectivity index (χ1) is 11.8. The Labute approximate surface area is 166 Å². The Morgan fingerprint density at radius 2 is 2.00 bits per heavy atom. The van der Waals surface area contributed by atoms with Crippen LogP contribution in [0.1, 0.15) is 32.4 Å². The highest BCUT2D eigenvalue weighted by atomic mass is 127. The summed E-state index contributed by atoms with van der Waals surface area (Å²) >= 11 is 0. The fourth-order valence-corrected chi connectivity index (χ4v) is 2.90. The Morgan fingerprint density at radius 1 is 1.28 bits per heavy atom. The molecule has 0 spiro atoms. The number of nitrogens with one attached hydrogen (secondary N) is 1. The third-order valence-corrected chi connectivity index (χ3v) is 4.38. The van der Waals surface area contributed by atoms with Crippen LogP contribution in [0.2, 0.25) is 0 Å². The zero-order chi connectivity index (χ0) is 16.8. The van der Waals surface area contributed by atoms with E-state index in [4.69, 9.17) is 9.41 Å². The second-order valence-corrected chi connectivity index (χ2v) is 6.35. The van der Waals surface area contributed by atoms with Crippen molar-refractivity contribution in [2.45, 2.75) is 33.2 Å². The summed E-state index contributed by atoms with van der Waals surface area (Å²) in [5, 5.41) is 3.39. The summed E-state index contributed by atoms with van der Waals surface area (Å²) in [7, 11) is 0. The summed E-state index contributed by atoms with van der Waals surface area (Å²) in [6, 6.07) is 9.95. The summed E-state index contributed by atoms with van der Waals surface area (Å²) in [6.45, 7) is 7.97. The number of likely N-dealkylation sites (tertiary alicyclic amines) is 1. The third-order valence-electron chi connectivity index (χ3n) is 4.38. The van der Waals surface area contributed by atoms with E-state index < -0.39 is 0 Å². The molecule has 0 bridgehead atoms. The zero-order valence-corrected chi connectivity index (χ0v) is 17.3. The van der Waals surface area contributed by atoms with Crippen LogP contribution in [0.4, 0.5) is 0 Å². The smallest absolute Gasteiger partial charge is 0.226 e. The van der Waals surface area contributed by atoms with E-state index in [1.165, 1.54) is 12.8 Å². The van der Waals surface area contributed by atoms with Crippen molar-refractivity contribution in [1.29, 1.82) is 0 Å². The van der Waals surface area contributed by atoms with Crippen molar-refractivity contribution < 1.29 is 4.42 Å². The normalized spacial score (nSPS) is 15.8. The van der Waals surface area contributed by atoms with Crippen molar-refractivity contribution >= 4 is 29.9 Å². The summed E-state index contributed by atoms with van der Waals surface area (Å²) in [5.41, 5.74) is 1.85. The van der Waals surface area contributed by atoms with Crippen molar-refractivity contribution in [3.8, 4) is 11.5 Å². The first kappa shape index (κ1) is 19.8. The number of piperidine rings is 1. The van der Waals surface area contributed by atoms with Gasteiger partial charge in [-0.05, 0) is 37.8 Å². The van der Waals surface area contributed by atoms with Crippen LogP contribution in [0.3, 0.4) is 0 Å². The van der Waals surface area contributed by atoms with Gasteiger partial charge in [0.15, 0.2) is 5.96 Å². The van der Waals surface area contributed by atoms with Crippen molar-refractivity contribution in [2.75, 3.05) is 19.6 Å². The van der Waals surface area contributed by atoms with Gasteiger partial charge in [-0.15, -0.1) is 24.0 Å². The molecule has 6 heteroatoms. The third kappa shape index (κ3) is 5.45. The molecule has 136 valence electrons. The monoisotopic (exact) mass is 454 g/mol. The van der Waals surface area contributed by atoms with E-state index in [2.05, 4.69) is 29.0 Å². The maximum absolute atomic E-state index is 5.59. The summed E-state index contributed by atoms with van der Waals surface area (Å²) in [5.74, 6) is 2.44. The fraction of sp³-hybridized carbons (Fsp3) is 0.474. The fourth-order valence-electron chi connectivity index (χ4n) is 2.90. The number of benzene rings is 1. The van der Waals surface area contributed by atoms with Crippen molar-refractivity contribution in [3.05, 3.63) is 42.3 Å². The largest absolute Gasteiger partial charge is 0.444 e. The average Bonchev–Trinajstić information content (AvgIpc) is 3.09. The minimum atomic E-state index is 0. The summed E-state index contributed by atoms with van der Waals surface area (Å²) in [6.07, 6.45) is 4.16. The molecule has 0 saturated carbocycles. The number of hydrogen-bond acceptors (Lipinski definition) is 3. The van der Waals surface area contributed by atoms with Gasteiger partial charge < -0.3 is 14.6 Å². The van der Waals surface area contributed by atoms with Gasteiger partial charge in [-0.2, -0.15) is 0 Å². The number of halogens is 1. The Morgan fingerprint density at radius 3 is 2.68 bits per heavy atom. The SMILES string of the molecule is CCNC(=NCc1coc(-c2ccccc2)n1)N1CCC(C)CC1.I. The highest BCUT2D eigenvalue weighted by molar-refractivity contribution is 14.0. The van der Waals surface area contributed by atoms with E-state index in [0.717, 1.165) is 42.8 Å². The molecule has 1 N–H and O–H groups in total. The van der Waals surface area contributed by atoms with Gasteiger partial charge in [0.05, 0.1) is 6.54 Å². The topological polar surface area (TPSA) is 53.7 Å². The maximum atomic E-state index is 5.59. The molecule has 0 unspecified atom stereocenters. The second kappa shape index (κ2) is 9.79. The molecule has 1 saturated heterocycles. The number of guanidine groups is 1. The molecule has 5 nitrogen and oxygen atoms in total. The van der Waals surface area contributed by atoms with Crippen LogP contribution >= 0.6 is 24.0 Å². The summed E-state index contributed by atoms with van der Waals surface area (Å²) in [4.78, 5) is 11.6. The lowest BCUT2D eigenvalue weighted by molar-refractivity contribution is 0.273. The van der Waals surface area contributed by atoms with Crippen molar-refractivity contribution in [2.24, 2.45) is 10.9 Å². The molecular formula is C19H27IN4O. The molecule has 0 atom stereocenters. The standard InChI is InChI=1S/C19H26N4O.HI/c1-3-20-19(23-11-9-15(2)10-12-23)21-13-17-14-24-18(22-17)16-7-5-4-6-8-16;/h4-8,14-15H,3,9-13H2,1-2H3,(H,20,21);1H. The van der Waals surface area contributed by atoms with Gasteiger partial charge in [0.25, 0.3) is 0 Å². The first-order valence-corrected chi connectivity index (χ1v) is 8.79. The molecule has 3 rings (SSSR count). The van der Waals surface area contributed by atoms with Crippen LogP contribution in [-0.2, 0) is 6.54 Å². The van der Waals surface area contributed by atoms with Crippen LogP contribution in [0.25, 0.3) is 11.5 Å². The molecule has 1 aromatic heterocycles. The highest BCUT2D eigenvalue weighted by Gasteiger charge is 2.18. The van der Waals surface area contributed by atoms with Gasteiger partial charge in [-0.1, -0.05) is 25.1 Å². The van der Waals surface area contributed by atoms with Crippen LogP contribution in [-0.4, -0.2) is 35.5 Å². The number of oxazole rings is 1. The summed E-state index contributed by atoms with van der Waals surface area (Å²) < 4.78 is 5.59. The van der Waals surface area contributed by atoms with Crippen molar-refractivity contribution in [3.63, 3.8) is 0 Å². The van der Waals surface area contributed by atoms with E-state index in [1.54, 1.807) is 6.26 Å². The van der Waals surface area contributed by atoms with Crippen LogP contribution in [0.5, 0.6) is 0 Å². The minimum Gasteiger partial charge on any atom is -0.444 e. The predicted octanol–water partition coefficient (Wildman–Crippen LogP) is 4.16. The molecular weight excluding hydrogens is 427 g/mol. The van der Waals surface area contributed by atoms with E-state index in [1.807, 2.05) is 30.3 Å². The van der Waals surface area contributed by atoms with Gasteiger partial charge in [0.2, 0.25) is 5.89 Å². The van der Waals surface area contributed by atoms with Gasteiger partial charge in [0.1, 0.15) is 12.0 Å². The van der Waals surface area contributed by atoms with Gasteiger partial charge in [-0.3, -0.25) is 0 Å². The number of rotatable bonds is 4. The molecule has 1 aromatic carbocycles. The zero-order valence-electron chi connectivity index (χ0n) is 14.9. The number of aromatic nitrogens is 1. The molecule has 1 aliphatic heterocycles. The molecule has 2 heterocycles. The Kier molecular flexibility index (Phi) is 7.74. The van der Waals surface area contributed by atoms with E-state index >= 15 is 0 Å². The van der Waals surface area contributed by atoms with E-state index in [-0.39, 0.29) is 24.0 Å². The minimum absolute atomic E-state index is 0. The quantitative estimate of drug-likeness (QED) is 0.429. The Bertz CT molecular complexity index is 663. The average molecular weight is 454 g/mol. The maximum Gasteiger partial charge on any atom is 0.226 e. The van der Waals surface area contributed by atoms with Crippen LogP contribution in [0.15, 0.2) is 46.0 Å². The number of nitrogens with zero attached hydrogens (tertiary/aromatic N) is 3. The molecule has 0 aliphatic carbocycles. The molecule has 25 heavy (non-hydrogen) atoms. The van der Waals surface area contributed by atoms with Crippen molar-refractivity contribution in [1.82, 2.24) is 15.2 Å². The van der Waals surface area contributed by atoms with Gasteiger partial charge >= 0.3 is 0 Å². The lowest BCUT2D eigenvalue weighted by Crippen LogP contribution is -2.45. The molecule has 1 fully saturated rings. The second-order valence-electron chi connectivity index (χ2n) is 6.35. The lowest BCUT2D eigenvalue weighted by Gasteiger charge is -2.32. The van der Waals surface area contributed by atoms with Gasteiger partial charge in [0, 0.05) is 25.2 Å². The molecule has 2 aromatic rings. The van der Waals surface area contributed by atoms with E-state index in [0.29, 0.717) is 12.4 Å². The van der Waals surface area contributed by atoms with E-state index in [9.17, 15) is 0 Å². The molecule has 1 aliphatic rings. The first-order valence-electron chi connectivity index (χ1n) is 8.79. The molecule has 0 amide bonds. The number of hydrogen-bond donors (Lipinski definition) is 1. The van der Waals surface area contributed by atoms with Gasteiger partial charge in [-0.25, -0.2) is 9.98 Å². The lowest BCUT2D eigenvalue weighted by atomic mass is 10.00. The Balaban J connectivity index is 0.00000225. The number of aliphatic imine (C=N–C) groups is 1. The van der Waals surface area contributed by atoms with Crippen LogP contribution in [0, 0.1) is 5.92 Å². The molecule has 0 radical (unpaired) electrons. The van der Waals surface area contributed by atoms with Crippen LogP contribution < -0.4 is 5.32 Å².